The van der Waals surface area contributed by atoms with Gasteiger partial charge in [-0.1, -0.05) is 93.9 Å². The fourth-order valence-electron chi connectivity index (χ4n) is 3.30. The van der Waals surface area contributed by atoms with Crippen LogP contribution in [0.5, 0.6) is 0 Å². The number of hydrogen-bond acceptors (Lipinski definition) is 2. The van der Waals surface area contributed by atoms with Crippen LogP contribution in [0, 0.1) is 25.5 Å². The molecule has 0 aliphatic rings. The lowest BCUT2D eigenvalue weighted by Crippen LogP contribution is -2.43. The predicted octanol–water partition coefficient (Wildman–Crippen LogP) is 7.48. The van der Waals surface area contributed by atoms with Crippen LogP contribution in [-0.4, -0.2) is 32.7 Å². The number of nitrogens with one attached hydrogen (secondary N) is 4. The highest BCUT2D eigenvalue weighted by Crippen LogP contribution is 2.41. The van der Waals surface area contributed by atoms with Crippen molar-refractivity contribution in [3.05, 3.63) is 70.3 Å². The van der Waals surface area contributed by atoms with Crippen LogP contribution in [0.3, 0.4) is 0 Å². The summed E-state index contributed by atoms with van der Waals surface area (Å²) in [6.07, 6.45) is 0.977. The average molecular weight is 653 g/mol. The fourth-order valence-corrected chi connectivity index (χ4v) is 4.39. The topological polar surface area (TPSA) is 82.3 Å². The molecule has 0 aliphatic heterocycles. The molecular weight excluding hydrogens is 627 g/mol. The normalized spacial score (nSPS) is 13.4. The molecule has 0 spiro atoms. The van der Waals surface area contributed by atoms with Crippen LogP contribution >= 0.6 is 69.6 Å². The summed E-state index contributed by atoms with van der Waals surface area (Å²) >= 11 is 36.0. The van der Waals surface area contributed by atoms with E-state index in [1.54, 1.807) is 26.0 Å². The lowest BCUT2D eigenvalue weighted by Gasteiger charge is -2.26. The third-order valence-electron chi connectivity index (χ3n) is 5.44. The van der Waals surface area contributed by atoms with Gasteiger partial charge in [0.2, 0.25) is 7.59 Å². The quantitative estimate of drug-likeness (QED) is 0.167. The molecule has 2 atom stereocenters. The molecule has 0 radical (unpaired) electrons. The molecule has 0 saturated carbocycles. The highest BCUT2D eigenvalue weighted by molar-refractivity contribution is 6.68. The lowest BCUT2D eigenvalue weighted by atomic mass is 10.1. The number of amides is 4. The maximum Gasteiger partial charge on any atom is 0.315 e. The van der Waals surface area contributed by atoms with Gasteiger partial charge < -0.3 is 21.3 Å². The third-order valence-corrected chi connectivity index (χ3v) is 6.75. The maximum atomic E-state index is 14.0. The molecule has 6 nitrogen and oxygen atoms in total. The van der Waals surface area contributed by atoms with Gasteiger partial charge in [-0.05, 0) is 61.1 Å². The maximum absolute atomic E-state index is 14.0. The van der Waals surface area contributed by atoms with Gasteiger partial charge in [-0.15, -0.1) is 0 Å². The summed E-state index contributed by atoms with van der Waals surface area (Å²) < 4.78 is 24.1. The van der Waals surface area contributed by atoms with Gasteiger partial charge in [0.1, 0.15) is 23.7 Å². The van der Waals surface area contributed by atoms with E-state index in [0.29, 0.717) is 35.1 Å². The number of carbonyl (C=O) groups is 2. The van der Waals surface area contributed by atoms with Gasteiger partial charge >= 0.3 is 12.1 Å². The van der Waals surface area contributed by atoms with Crippen LogP contribution < -0.4 is 21.3 Å². The Morgan fingerprint density at radius 2 is 1.05 bits per heavy atom. The van der Waals surface area contributed by atoms with Gasteiger partial charge in [0.15, 0.2) is 0 Å². The molecule has 2 rings (SSSR count). The summed E-state index contributed by atoms with van der Waals surface area (Å²) in [6, 6.07) is 5.11. The van der Waals surface area contributed by atoms with Crippen molar-refractivity contribution in [2.24, 2.45) is 0 Å². The van der Waals surface area contributed by atoms with E-state index in [-0.39, 0.29) is 13.1 Å². The summed E-state index contributed by atoms with van der Waals surface area (Å²) in [7, 11) is 0. The van der Waals surface area contributed by atoms with E-state index >= 15 is 0 Å². The Morgan fingerprint density at radius 3 is 1.34 bits per heavy atom. The van der Waals surface area contributed by atoms with Crippen LogP contribution in [0.4, 0.5) is 18.4 Å². The van der Waals surface area contributed by atoms with Gasteiger partial charge in [-0.2, -0.15) is 0 Å². The SMILES string of the molecule is Cc1ccc([C@@H](NC(=O)NCCCCNC(=O)N[C@H](c2ccc(C)c(F)c2)C(Cl)(Cl)Cl)C(Cl)(Cl)Cl)cc1F. The Hall–Kier alpha value is -1.42. The minimum atomic E-state index is -1.93. The molecule has 4 amide bonds. The predicted molar refractivity (Wildman–Crippen MR) is 151 cm³/mol. The molecule has 0 aliphatic carbocycles. The van der Waals surface area contributed by atoms with E-state index in [1.807, 2.05) is 0 Å². The second-order valence-electron chi connectivity index (χ2n) is 8.47. The number of carbonyl (C=O) groups excluding carboxylic acids is 2. The Labute approximate surface area is 250 Å². The lowest BCUT2D eigenvalue weighted by molar-refractivity contribution is 0.235. The Bertz CT molecular complexity index is 1040. The van der Waals surface area contributed by atoms with E-state index in [9.17, 15) is 18.4 Å². The second-order valence-corrected chi connectivity index (χ2v) is 13.2. The van der Waals surface area contributed by atoms with Gasteiger partial charge in [0.25, 0.3) is 0 Å². The van der Waals surface area contributed by atoms with Crippen molar-refractivity contribution in [3.63, 3.8) is 0 Å². The summed E-state index contributed by atoms with van der Waals surface area (Å²) in [4.78, 5) is 24.7. The van der Waals surface area contributed by atoms with Crippen molar-refractivity contribution in [2.75, 3.05) is 13.1 Å². The van der Waals surface area contributed by atoms with Gasteiger partial charge in [-0.25, -0.2) is 18.4 Å². The Kier molecular flexibility index (Phi) is 12.3. The zero-order chi connectivity index (χ0) is 28.7. The number of benzene rings is 2. The van der Waals surface area contributed by atoms with Crippen LogP contribution in [0.2, 0.25) is 0 Å². The largest absolute Gasteiger partial charge is 0.338 e. The first-order valence-corrected chi connectivity index (χ1v) is 13.6. The monoisotopic (exact) mass is 650 g/mol. The molecule has 38 heavy (non-hydrogen) atoms. The van der Waals surface area contributed by atoms with Crippen molar-refractivity contribution in [2.45, 2.75) is 46.4 Å². The van der Waals surface area contributed by atoms with Crippen LogP contribution in [0.25, 0.3) is 0 Å². The number of aryl methyl sites for hydroxylation is 2. The molecular formula is C24H26Cl6F2N4O2. The summed E-state index contributed by atoms with van der Waals surface area (Å²) in [5.41, 5.74) is 1.41. The van der Waals surface area contributed by atoms with Crippen molar-refractivity contribution < 1.29 is 18.4 Å². The van der Waals surface area contributed by atoms with Crippen LogP contribution in [-0.2, 0) is 0 Å². The summed E-state index contributed by atoms with van der Waals surface area (Å²) in [5.74, 6) is -0.988. The van der Waals surface area contributed by atoms with Gasteiger partial charge in [0, 0.05) is 13.1 Å². The molecule has 0 bridgehead atoms. The molecule has 0 fully saturated rings. The number of alkyl halides is 6. The first-order chi connectivity index (χ1) is 17.6. The molecule has 2 aromatic rings. The second kappa shape index (κ2) is 14.3. The first-order valence-electron chi connectivity index (χ1n) is 11.3. The molecule has 0 aromatic heterocycles. The molecule has 0 saturated heterocycles. The molecule has 2 aromatic carbocycles. The van der Waals surface area contributed by atoms with Crippen molar-refractivity contribution >= 4 is 81.7 Å². The summed E-state index contributed by atoms with van der Waals surface area (Å²) in [6.45, 7) is 3.66. The van der Waals surface area contributed by atoms with Gasteiger partial charge in [0.05, 0.1) is 0 Å². The Morgan fingerprint density at radius 1 is 0.711 bits per heavy atom. The minimum Gasteiger partial charge on any atom is -0.338 e. The van der Waals surface area contributed by atoms with E-state index in [0.717, 1.165) is 0 Å². The zero-order valence-corrected chi connectivity index (χ0v) is 24.8. The highest BCUT2D eigenvalue weighted by Gasteiger charge is 2.36. The van der Waals surface area contributed by atoms with E-state index in [4.69, 9.17) is 69.6 Å². The highest BCUT2D eigenvalue weighted by atomic mass is 35.6. The number of urea groups is 2. The molecule has 0 heterocycles. The minimum absolute atomic E-state index is 0.239. The van der Waals surface area contributed by atoms with Crippen molar-refractivity contribution in [3.8, 4) is 0 Å². The van der Waals surface area contributed by atoms with Crippen molar-refractivity contribution in [1.82, 2.24) is 21.3 Å². The number of halogens is 8. The molecule has 14 heteroatoms. The van der Waals surface area contributed by atoms with E-state index in [2.05, 4.69) is 21.3 Å². The summed E-state index contributed by atoms with van der Waals surface area (Å²) in [5, 5.41) is 10.3. The fraction of sp³-hybridized carbons (Fsp3) is 0.417. The Balaban J connectivity index is 1.79. The number of unbranched alkanes of at least 4 members (excludes halogenated alkanes) is 1. The van der Waals surface area contributed by atoms with E-state index < -0.39 is 43.4 Å². The molecule has 0 unspecified atom stereocenters. The first kappa shape index (κ1) is 32.8. The molecule has 210 valence electrons. The van der Waals surface area contributed by atoms with Gasteiger partial charge in [-0.3, -0.25) is 0 Å². The standard InChI is InChI=1S/C24H26Cl6F2N4O2/c1-13-5-7-15(11-17(13)31)19(23(25,26)27)35-21(37)33-9-3-4-10-34-22(38)36-20(24(28,29)30)16-8-6-14(2)18(32)12-16/h5-8,11-12,19-20H,3-4,9-10H2,1-2H3,(H2,33,35,37)(H2,34,36,38)/t19-,20-/m1/s1. The zero-order valence-electron chi connectivity index (χ0n) is 20.3. The number of hydrogen-bond donors (Lipinski definition) is 4. The third kappa shape index (κ3) is 10.3. The smallest absolute Gasteiger partial charge is 0.315 e. The molecule has 4 N–H and O–H groups in total. The number of rotatable bonds is 9. The average Bonchev–Trinajstić information content (AvgIpc) is 2.80. The van der Waals surface area contributed by atoms with Crippen LogP contribution in [0.15, 0.2) is 36.4 Å². The van der Waals surface area contributed by atoms with Crippen LogP contribution in [0.1, 0.15) is 47.2 Å². The van der Waals surface area contributed by atoms with Crippen molar-refractivity contribution in [1.29, 1.82) is 0 Å². The van der Waals surface area contributed by atoms with E-state index in [1.165, 1.54) is 24.3 Å².